The van der Waals surface area contributed by atoms with Gasteiger partial charge in [-0.3, -0.25) is 0 Å². The van der Waals surface area contributed by atoms with Crippen molar-refractivity contribution in [2.75, 3.05) is 13.7 Å². The highest BCUT2D eigenvalue weighted by molar-refractivity contribution is 5.48. The second kappa shape index (κ2) is 4.83. The van der Waals surface area contributed by atoms with E-state index in [1.165, 1.54) is 21.0 Å². The number of hydrogen-bond donors (Lipinski definition) is 1. The third kappa shape index (κ3) is 2.53. The predicted octanol–water partition coefficient (Wildman–Crippen LogP) is 2.74. The molecule has 16 heavy (non-hydrogen) atoms. The molecular weight excluding hydrogens is 207 g/mol. The standard InChI is InChI=1S/C13H19FO2/c1-9-5-6-11(13(2,3)14)12(16-4)10(9)7-8-15/h5-6,15H,7-8H2,1-4H3. The highest BCUT2D eigenvalue weighted by Crippen LogP contribution is 2.36. The summed E-state index contributed by atoms with van der Waals surface area (Å²) in [6, 6.07) is 3.61. The number of aliphatic hydroxyl groups excluding tert-OH is 1. The zero-order chi connectivity index (χ0) is 12.3. The number of ether oxygens (including phenoxy) is 1. The van der Waals surface area contributed by atoms with Crippen molar-refractivity contribution >= 4 is 0 Å². The maximum atomic E-state index is 14.0. The third-order valence-corrected chi connectivity index (χ3v) is 2.70. The summed E-state index contributed by atoms with van der Waals surface area (Å²) in [5, 5.41) is 9.01. The van der Waals surface area contributed by atoms with E-state index in [4.69, 9.17) is 9.84 Å². The molecule has 0 aliphatic carbocycles. The fraction of sp³-hybridized carbons (Fsp3) is 0.538. The van der Waals surface area contributed by atoms with E-state index in [9.17, 15) is 4.39 Å². The number of rotatable bonds is 4. The van der Waals surface area contributed by atoms with Crippen LogP contribution >= 0.6 is 0 Å². The summed E-state index contributed by atoms with van der Waals surface area (Å²) in [4.78, 5) is 0. The lowest BCUT2D eigenvalue weighted by atomic mass is 9.93. The van der Waals surface area contributed by atoms with Gasteiger partial charge in [0.2, 0.25) is 0 Å². The van der Waals surface area contributed by atoms with Crippen LogP contribution in [0.4, 0.5) is 4.39 Å². The Balaban J connectivity index is 3.37. The van der Waals surface area contributed by atoms with Crippen molar-refractivity contribution in [3.05, 3.63) is 28.8 Å². The Bertz CT molecular complexity index is 367. The number of hydrogen-bond acceptors (Lipinski definition) is 2. The van der Waals surface area contributed by atoms with Gasteiger partial charge in [0.05, 0.1) is 7.11 Å². The lowest BCUT2D eigenvalue weighted by Crippen LogP contribution is -2.13. The van der Waals surface area contributed by atoms with Crippen molar-refractivity contribution in [3.8, 4) is 5.75 Å². The second-order valence-electron chi connectivity index (χ2n) is 4.39. The van der Waals surface area contributed by atoms with Crippen molar-refractivity contribution in [1.82, 2.24) is 0 Å². The van der Waals surface area contributed by atoms with E-state index >= 15 is 0 Å². The molecule has 1 N–H and O–H groups in total. The maximum Gasteiger partial charge on any atom is 0.134 e. The van der Waals surface area contributed by atoms with Crippen LogP contribution in [0.5, 0.6) is 5.75 Å². The van der Waals surface area contributed by atoms with Gasteiger partial charge in [-0.05, 0) is 38.3 Å². The first-order valence-corrected chi connectivity index (χ1v) is 5.38. The summed E-state index contributed by atoms with van der Waals surface area (Å²) in [6.07, 6.45) is 0.485. The largest absolute Gasteiger partial charge is 0.496 e. The number of alkyl halides is 1. The first-order valence-electron chi connectivity index (χ1n) is 5.38. The molecule has 90 valence electrons. The summed E-state index contributed by atoms with van der Waals surface area (Å²) >= 11 is 0. The molecule has 1 aromatic rings. The molecule has 0 bridgehead atoms. The summed E-state index contributed by atoms with van der Waals surface area (Å²) in [5.41, 5.74) is 0.986. The van der Waals surface area contributed by atoms with Crippen LogP contribution in [0.1, 0.15) is 30.5 Å². The average Bonchev–Trinajstić information content (AvgIpc) is 2.19. The molecule has 0 saturated carbocycles. The minimum absolute atomic E-state index is 0.0351. The molecule has 0 aliphatic rings. The summed E-state index contributed by atoms with van der Waals surface area (Å²) in [6.45, 7) is 4.97. The van der Waals surface area contributed by atoms with Gasteiger partial charge in [0.25, 0.3) is 0 Å². The topological polar surface area (TPSA) is 29.5 Å². The van der Waals surface area contributed by atoms with E-state index < -0.39 is 5.67 Å². The maximum absolute atomic E-state index is 14.0. The lowest BCUT2D eigenvalue weighted by Gasteiger charge is -2.22. The monoisotopic (exact) mass is 226 g/mol. The first-order chi connectivity index (χ1) is 7.41. The fourth-order valence-corrected chi connectivity index (χ4v) is 1.85. The number of methoxy groups -OCH3 is 1. The average molecular weight is 226 g/mol. The minimum Gasteiger partial charge on any atom is -0.496 e. The van der Waals surface area contributed by atoms with Crippen LogP contribution in [0.3, 0.4) is 0 Å². The van der Waals surface area contributed by atoms with Crippen molar-refractivity contribution in [2.45, 2.75) is 32.9 Å². The Morgan fingerprint density at radius 1 is 1.38 bits per heavy atom. The van der Waals surface area contributed by atoms with Crippen molar-refractivity contribution in [3.63, 3.8) is 0 Å². The van der Waals surface area contributed by atoms with Gasteiger partial charge < -0.3 is 9.84 Å². The van der Waals surface area contributed by atoms with Crippen molar-refractivity contribution < 1.29 is 14.2 Å². The molecule has 0 saturated heterocycles. The normalized spacial score (nSPS) is 11.6. The molecular formula is C13H19FO2. The van der Waals surface area contributed by atoms with Crippen molar-refractivity contribution in [2.24, 2.45) is 0 Å². The molecule has 0 radical (unpaired) electrons. The van der Waals surface area contributed by atoms with E-state index in [1.807, 2.05) is 13.0 Å². The highest BCUT2D eigenvalue weighted by Gasteiger charge is 2.25. The van der Waals surface area contributed by atoms with Gasteiger partial charge in [-0.15, -0.1) is 0 Å². The molecule has 0 fully saturated rings. The predicted molar refractivity (Wildman–Crippen MR) is 62.7 cm³/mol. The molecule has 0 aliphatic heterocycles. The Morgan fingerprint density at radius 2 is 2.00 bits per heavy atom. The number of aryl methyl sites for hydroxylation is 1. The van der Waals surface area contributed by atoms with Crippen LogP contribution in [0.15, 0.2) is 12.1 Å². The molecule has 2 nitrogen and oxygen atoms in total. The molecule has 0 atom stereocenters. The Labute approximate surface area is 96.1 Å². The molecule has 0 spiro atoms. The SMILES string of the molecule is COc1c(C(C)(C)F)ccc(C)c1CCO. The minimum atomic E-state index is -1.44. The van der Waals surface area contributed by atoms with Gasteiger partial charge in [-0.2, -0.15) is 0 Å². The van der Waals surface area contributed by atoms with Crippen molar-refractivity contribution in [1.29, 1.82) is 0 Å². The van der Waals surface area contributed by atoms with Gasteiger partial charge >= 0.3 is 0 Å². The zero-order valence-electron chi connectivity index (χ0n) is 10.3. The van der Waals surface area contributed by atoms with Gasteiger partial charge in [-0.25, -0.2) is 4.39 Å². The van der Waals surface area contributed by atoms with E-state index in [-0.39, 0.29) is 6.61 Å². The Morgan fingerprint density at radius 3 is 2.44 bits per heavy atom. The summed E-state index contributed by atoms with van der Waals surface area (Å²) < 4.78 is 19.3. The molecule has 1 rings (SSSR count). The number of benzene rings is 1. The van der Waals surface area contributed by atoms with Gasteiger partial charge in [0, 0.05) is 12.2 Å². The van der Waals surface area contributed by atoms with Crippen LogP contribution in [0, 0.1) is 6.92 Å². The highest BCUT2D eigenvalue weighted by atomic mass is 19.1. The van der Waals surface area contributed by atoms with E-state index in [0.29, 0.717) is 17.7 Å². The smallest absolute Gasteiger partial charge is 0.134 e. The van der Waals surface area contributed by atoms with Crippen LogP contribution in [0.2, 0.25) is 0 Å². The van der Waals surface area contributed by atoms with E-state index in [0.717, 1.165) is 11.1 Å². The van der Waals surface area contributed by atoms with Crippen LogP contribution in [0.25, 0.3) is 0 Å². The molecule has 0 aromatic heterocycles. The van der Waals surface area contributed by atoms with E-state index in [2.05, 4.69) is 0 Å². The Hall–Kier alpha value is -1.09. The van der Waals surface area contributed by atoms with Crippen LogP contribution in [-0.4, -0.2) is 18.8 Å². The lowest BCUT2D eigenvalue weighted by molar-refractivity contribution is 0.212. The van der Waals surface area contributed by atoms with Gasteiger partial charge in [0.1, 0.15) is 11.4 Å². The first kappa shape index (κ1) is 13.0. The van der Waals surface area contributed by atoms with Gasteiger partial charge in [-0.1, -0.05) is 12.1 Å². The summed E-state index contributed by atoms with van der Waals surface area (Å²) in [5.74, 6) is 0.557. The molecule has 0 heterocycles. The zero-order valence-corrected chi connectivity index (χ0v) is 10.3. The molecule has 3 heteroatoms. The quantitative estimate of drug-likeness (QED) is 0.855. The number of halogens is 1. The molecule has 0 unspecified atom stereocenters. The second-order valence-corrected chi connectivity index (χ2v) is 4.39. The summed E-state index contributed by atoms with van der Waals surface area (Å²) in [7, 11) is 1.53. The molecule has 1 aromatic carbocycles. The fourth-order valence-electron chi connectivity index (χ4n) is 1.85. The van der Waals surface area contributed by atoms with Crippen LogP contribution < -0.4 is 4.74 Å². The number of aliphatic hydroxyl groups is 1. The third-order valence-electron chi connectivity index (χ3n) is 2.70. The van der Waals surface area contributed by atoms with E-state index in [1.54, 1.807) is 6.07 Å². The van der Waals surface area contributed by atoms with Gasteiger partial charge in [0.15, 0.2) is 0 Å². The Kier molecular flexibility index (Phi) is 3.92. The molecule has 0 amide bonds. The van der Waals surface area contributed by atoms with Crippen LogP contribution in [-0.2, 0) is 12.1 Å².